The molecule has 21 heavy (non-hydrogen) atoms. The van der Waals surface area contributed by atoms with Crippen LogP contribution in [0, 0.1) is 17.0 Å². The van der Waals surface area contributed by atoms with Gasteiger partial charge < -0.3 is 10.6 Å². The topological polar surface area (TPSA) is 84.3 Å². The van der Waals surface area contributed by atoms with Crippen molar-refractivity contribution in [2.75, 3.05) is 5.32 Å². The molecule has 1 aromatic carbocycles. The summed E-state index contributed by atoms with van der Waals surface area (Å²) in [6.07, 6.45) is 0. The molecule has 7 heteroatoms. The molecule has 0 saturated heterocycles. The smallest absolute Gasteiger partial charge is 0.288 e. The van der Waals surface area contributed by atoms with Crippen LogP contribution in [0.5, 0.6) is 0 Å². The van der Waals surface area contributed by atoms with Gasteiger partial charge in [-0.25, -0.2) is 0 Å². The quantitative estimate of drug-likeness (QED) is 0.660. The Labute approximate surface area is 129 Å². The van der Waals surface area contributed by atoms with E-state index in [1.54, 1.807) is 13.8 Å². The summed E-state index contributed by atoms with van der Waals surface area (Å²) in [7, 11) is 0. The average Bonchev–Trinajstić information content (AvgIpc) is 2.30. The van der Waals surface area contributed by atoms with E-state index in [-0.39, 0.29) is 22.2 Å². The van der Waals surface area contributed by atoms with Crippen LogP contribution in [-0.2, 0) is 4.79 Å². The lowest BCUT2D eigenvalue weighted by Crippen LogP contribution is -2.47. The number of anilines is 1. The van der Waals surface area contributed by atoms with Crippen molar-refractivity contribution in [1.82, 2.24) is 5.32 Å². The maximum absolute atomic E-state index is 12.0. The van der Waals surface area contributed by atoms with E-state index in [1.807, 2.05) is 20.8 Å². The lowest BCUT2D eigenvalue weighted by atomic mass is 10.1. The summed E-state index contributed by atoms with van der Waals surface area (Å²) in [4.78, 5) is 22.3. The van der Waals surface area contributed by atoms with Gasteiger partial charge in [-0.2, -0.15) is 0 Å². The van der Waals surface area contributed by atoms with Crippen molar-refractivity contribution in [3.63, 3.8) is 0 Å². The molecule has 0 aliphatic rings. The molecule has 0 heterocycles. The van der Waals surface area contributed by atoms with Crippen LogP contribution < -0.4 is 10.6 Å². The van der Waals surface area contributed by atoms with Crippen LogP contribution in [0.1, 0.15) is 33.3 Å². The van der Waals surface area contributed by atoms with Crippen molar-refractivity contribution < 1.29 is 9.72 Å². The number of nitro groups is 1. The van der Waals surface area contributed by atoms with Gasteiger partial charge in [0.15, 0.2) is 0 Å². The van der Waals surface area contributed by atoms with E-state index in [0.29, 0.717) is 11.3 Å². The molecule has 1 amide bonds. The number of hydrogen-bond acceptors (Lipinski definition) is 4. The first-order valence-electron chi connectivity index (χ1n) is 6.54. The maximum atomic E-state index is 12.0. The number of hydrogen-bond donors (Lipinski definition) is 2. The third-order valence-electron chi connectivity index (χ3n) is 2.75. The molecule has 0 fully saturated rings. The second-order valence-corrected chi connectivity index (χ2v) is 6.39. The second-order valence-electron chi connectivity index (χ2n) is 5.98. The highest BCUT2D eigenvalue weighted by Gasteiger charge is 2.21. The minimum absolute atomic E-state index is 0.0385. The number of nitro benzene ring substituents is 1. The van der Waals surface area contributed by atoms with Gasteiger partial charge in [0.05, 0.1) is 4.92 Å². The SMILES string of the molecule is Cc1cc([N+](=O)[O-])c(Cl)cc1NC(C)C(=O)NC(C)(C)C. The van der Waals surface area contributed by atoms with E-state index < -0.39 is 11.0 Å². The first-order valence-corrected chi connectivity index (χ1v) is 6.92. The molecular weight excluding hydrogens is 294 g/mol. The second kappa shape index (κ2) is 6.30. The molecule has 0 radical (unpaired) electrons. The van der Waals surface area contributed by atoms with Crippen molar-refractivity contribution in [3.8, 4) is 0 Å². The molecule has 2 N–H and O–H groups in total. The van der Waals surface area contributed by atoms with Crippen LogP contribution in [0.25, 0.3) is 0 Å². The Morgan fingerprint density at radius 3 is 2.43 bits per heavy atom. The van der Waals surface area contributed by atoms with Crippen LogP contribution in [0.15, 0.2) is 12.1 Å². The monoisotopic (exact) mass is 313 g/mol. The summed E-state index contributed by atoms with van der Waals surface area (Å²) in [5, 5.41) is 16.7. The first kappa shape index (κ1) is 17.2. The fourth-order valence-corrected chi connectivity index (χ4v) is 1.97. The molecule has 1 aromatic rings. The third-order valence-corrected chi connectivity index (χ3v) is 3.06. The predicted molar refractivity (Wildman–Crippen MR) is 83.8 cm³/mol. The molecular formula is C14H20ClN3O3. The Morgan fingerprint density at radius 2 is 1.95 bits per heavy atom. The molecule has 6 nitrogen and oxygen atoms in total. The van der Waals surface area contributed by atoms with E-state index in [2.05, 4.69) is 10.6 Å². The zero-order valence-electron chi connectivity index (χ0n) is 12.8. The van der Waals surface area contributed by atoms with E-state index in [4.69, 9.17) is 11.6 Å². The van der Waals surface area contributed by atoms with Gasteiger partial charge in [0.1, 0.15) is 11.1 Å². The van der Waals surface area contributed by atoms with Crippen molar-refractivity contribution in [2.45, 2.75) is 46.2 Å². The van der Waals surface area contributed by atoms with Crippen LogP contribution in [-0.4, -0.2) is 22.4 Å². The van der Waals surface area contributed by atoms with Gasteiger partial charge in [0.25, 0.3) is 5.69 Å². The van der Waals surface area contributed by atoms with Crippen molar-refractivity contribution in [1.29, 1.82) is 0 Å². The Kier molecular flexibility index (Phi) is 5.17. The third kappa shape index (κ3) is 4.90. The van der Waals surface area contributed by atoms with Crippen molar-refractivity contribution in [2.24, 2.45) is 0 Å². The van der Waals surface area contributed by atoms with Crippen LogP contribution in [0.2, 0.25) is 5.02 Å². The number of benzene rings is 1. The largest absolute Gasteiger partial charge is 0.374 e. The highest BCUT2D eigenvalue weighted by atomic mass is 35.5. The fraction of sp³-hybridized carbons (Fsp3) is 0.500. The van der Waals surface area contributed by atoms with E-state index in [0.717, 1.165) is 0 Å². The normalized spacial score (nSPS) is 12.7. The Hall–Kier alpha value is -1.82. The maximum Gasteiger partial charge on any atom is 0.288 e. The van der Waals surface area contributed by atoms with Crippen molar-refractivity contribution >= 4 is 28.9 Å². The molecule has 0 spiro atoms. The highest BCUT2D eigenvalue weighted by Crippen LogP contribution is 2.30. The number of carbonyl (C=O) groups is 1. The first-order chi connectivity index (χ1) is 9.51. The number of amides is 1. The number of nitrogens with zero attached hydrogens (tertiary/aromatic N) is 1. The summed E-state index contributed by atoms with van der Waals surface area (Å²) in [5.74, 6) is -0.156. The standard InChI is InChI=1S/C14H20ClN3O3/c1-8-6-12(18(20)21)10(15)7-11(8)16-9(2)13(19)17-14(3,4)5/h6-7,9,16H,1-5H3,(H,17,19). The number of aryl methyl sites for hydroxylation is 1. The average molecular weight is 314 g/mol. The minimum atomic E-state index is -0.533. The molecule has 1 unspecified atom stereocenters. The summed E-state index contributed by atoms with van der Waals surface area (Å²) >= 11 is 5.88. The van der Waals surface area contributed by atoms with Gasteiger partial charge in [-0.1, -0.05) is 11.6 Å². The zero-order chi connectivity index (χ0) is 16.4. The van der Waals surface area contributed by atoms with E-state index in [1.165, 1.54) is 12.1 Å². The minimum Gasteiger partial charge on any atom is -0.374 e. The lowest BCUT2D eigenvalue weighted by molar-refractivity contribution is -0.384. The van der Waals surface area contributed by atoms with Crippen LogP contribution in [0.4, 0.5) is 11.4 Å². The molecule has 0 saturated carbocycles. The molecule has 0 bridgehead atoms. The summed E-state index contributed by atoms with van der Waals surface area (Å²) < 4.78 is 0. The van der Waals surface area contributed by atoms with Gasteiger partial charge in [-0.3, -0.25) is 14.9 Å². The molecule has 116 valence electrons. The predicted octanol–water partition coefficient (Wildman–Crippen LogP) is 3.27. The molecule has 1 atom stereocenters. The van der Waals surface area contributed by atoms with Gasteiger partial charge in [0, 0.05) is 17.3 Å². The van der Waals surface area contributed by atoms with Gasteiger partial charge in [0.2, 0.25) is 5.91 Å². The molecule has 0 aliphatic heterocycles. The molecule has 0 aromatic heterocycles. The van der Waals surface area contributed by atoms with Gasteiger partial charge in [-0.15, -0.1) is 0 Å². The molecule has 1 rings (SSSR count). The highest BCUT2D eigenvalue weighted by molar-refractivity contribution is 6.33. The number of nitrogens with one attached hydrogen (secondary N) is 2. The van der Waals surface area contributed by atoms with Gasteiger partial charge >= 0.3 is 0 Å². The van der Waals surface area contributed by atoms with Gasteiger partial charge in [-0.05, 0) is 46.2 Å². The number of carbonyl (C=O) groups excluding carboxylic acids is 1. The molecule has 0 aliphatic carbocycles. The van der Waals surface area contributed by atoms with Crippen LogP contribution in [0.3, 0.4) is 0 Å². The Balaban J connectivity index is 2.91. The van der Waals surface area contributed by atoms with E-state index in [9.17, 15) is 14.9 Å². The number of halogens is 1. The lowest BCUT2D eigenvalue weighted by Gasteiger charge is -2.24. The Morgan fingerprint density at radius 1 is 1.38 bits per heavy atom. The van der Waals surface area contributed by atoms with Crippen molar-refractivity contribution in [3.05, 3.63) is 32.8 Å². The Bertz CT molecular complexity index is 567. The summed E-state index contributed by atoms with van der Waals surface area (Å²) in [6.45, 7) is 9.12. The summed E-state index contributed by atoms with van der Waals surface area (Å²) in [5.41, 5.74) is 0.782. The zero-order valence-corrected chi connectivity index (χ0v) is 13.5. The number of rotatable bonds is 4. The van der Waals surface area contributed by atoms with Crippen LogP contribution >= 0.6 is 11.6 Å². The fourth-order valence-electron chi connectivity index (χ4n) is 1.74. The van der Waals surface area contributed by atoms with E-state index >= 15 is 0 Å². The summed E-state index contributed by atoms with van der Waals surface area (Å²) in [6, 6.07) is 2.37.